The molecule has 1 unspecified atom stereocenters. The van der Waals surface area contributed by atoms with Gasteiger partial charge in [0, 0.05) is 24.0 Å². The number of fused-ring (bicyclic) bond motifs is 1. The highest BCUT2D eigenvalue weighted by atomic mass is 32.1. The number of anilines is 2. The van der Waals surface area contributed by atoms with Crippen molar-refractivity contribution in [2.24, 2.45) is 0 Å². The molecule has 2 aliphatic rings. The molecule has 2 aromatic rings. The van der Waals surface area contributed by atoms with Gasteiger partial charge in [-0.05, 0) is 43.6 Å². The summed E-state index contributed by atoms with van der Waals surface area (Å²) in [7, 11) is 0. The van der Waals surface area contributed by atoms with Gasteiger partial charge in [-0.15, -0.1) is 11.3 Å². The number of benzene rings is 1. The first-order valence-corrected chi connectivity index (χ1v) is 10.0. The molecule has 1 aromatic heterocycles. The number of likely N-dealkylation sites (tertiary alicyclic amines) is 1. The van der Waals surface area contributed by atoms with E-state index in [9.17, 15) is 14.0 Å². The van der Waals surface area contributed by atoms with Crippen molar-refractivity contribution in [1.29, 1.82) is 0 Å². The van der Waals surface area contributed by atoms with Crippen molar-refractivity contribution in [3.63, 3.8) is 0 Å². The van der Waals surface area contributed by atoms with Gasteiger partial charge in [0.25, 0.3) is 0 Å². The summed E-state index contributed by atoms with van der Waals surface area (Å²) in [6, 6.07) is 4.10. The molecule has 1 atom stereocenters. The summed E-state index contributed by atoms with van der Waals surface area (Å²) < 4.78 is 13.4. The predicted molar refractivity (Wildman–Crippen MR) is 102 cm³/mol. The Hall–Kier alpha value is -2.32. The lowest BCUT2D eigenvalue weighted by Crippen LogP contribution is -2.31. The summed E-state index contributed by atoms with van der Waals surface area (Å²) in [6.07, 6.45) is 3.76. The van der Waals surface area contributed by atoms with Gasteiger partial charge in [0.05, 0.1) is 11.6 Å². The molecule has 6 nitrogen and oxygen atoms in total. The topological polar surface area (TPSA) is 74.3 Å². The number of carbonyl (C=O) groups is 2. The van der Waals surface area contributed by atoms with Crippen molar-refractivity contribution in [3.8, 4) is 0 Å². The quantitative estimate of drug-likeness (QED) is 0.843. The molecule has 27 heavy (non-hydrogen) atoms. The number of hydrogen-bond donors (Lipinski definition) is 2. The molecular weight excluding hydrogens is 367 g/mol. The second kappa shape index (κ2) is 7.74. The maximum absolute atomic E-state index is 13.4. The lowest BCUT2D eigenvalue weighted by molar-refractivity contribution is -0.123. The van der Waals surface area contributed by atoms with E-state index in [1.54, 1.807) is 6.07 Å². The van der Waals surface area contributed by atoms with Crippen LogP contribution >= 0.6 is 11.3 Å². The van der Waals surface area contributed by atoms with Crippen LogP contribution < -0.4 is 10.6 Å². The Balaban J connectivity index is 1.44. The second-order valence-electron chi connectivity index (χ2n) is 7.01. The summed E-state index contributed by atoms with van der Waals surface area (Å²) in [5.74, 6) is -1.68. The van der Waals surface area contributed by atoms with Gasteiger partial charge >= 0.3 is 0 Å². The largest absolute Gasteiger partial charge is 0.326 e. The number of carbonyl (C=O) groups excluding carboxylic acids is 2. The van der Waals surface area contributed by atoms with E-state index in [0.29, 0.717) is 16.4 Å². The van der Waals surface area contributed by atoms with Gasteiger partial charge in [-0.25, -0.2) is 9.37 Å². The fourth-order valence-corrected chi connectivity index (χ4v) is 4.35. The number of nitrogens with one attached hydrogen (secondary N) is 2. The van der Waals surface area contributed by atoms with Crippen LogP contribution in [-0.4, -0.2) is 34.8 Å². The highest BCUT2D eigenvalue weighted by Crippen LogP contribution is 2.34. The Morgan fingerprint density at radius 1 is 1.33 bits per heavy atom. The minimum atomic E-state index is -0.649. The maximum atomic E-state index is 13.4. The highest BCUT2D eigenvalue weighted by Gasteiger charge is 2.31. The van der Waals surface area contributed by atoms with Gasteiger partial charge in [-0.2, -0.15) is 0 Å². The van der Waals surface area contributed by atoms with E-state index in [1.165, 1.54) is 42.7 Å². The molecule has 0 saturated carbocycles. The zero-order valence-corrected chi connectivity index (χ0v) is 15.7. The third kappa shape index (κ3) is 4.17. The van der Waals surface area contributed by atoms with Crippen molar-refractivity contribution in [1.82, 2.24) is 9.88 Å². The molecule has 2 aliphatic heterocycles. The van der Waals surface area contributed by atoms with Gasteiger partial charge in [-0.1, -0.05) is 12.5 Å². The summed E-state index contributed by atoms with van der Waals surface area (Å²) in [5.41, 5.74) is 1.93. The van der Waals surface area contributed by atoms with Crippen LogP contribution in [0.25, 0.3) is 0 Å². The Morgan fingerprint density at radius 2 is 2.15 bits per heavy atom. The molecule has 142 valence electrons. The van der Waals surface area contributed by atoms with Gasteiger partial charge in [0.2, 0.25) is 11.8 Å². The van der Waals surface area contributed by atoms with Gasteiger partial charge < -0.3 is 10.6 Å². The van der Waals surface area contributed by atoms with Crippen LogP contribution in [0.3, 0.4) is 0 Å². The van der Waals surface area contributed by atoms with Crippen LogP contribution in [0.1, 0.15) is 42.9 Å². The van der Waals surface area contributed by atoms with E-state index in [4.69, 9.17) is 0 Å². The average Bonchev–Trinajstić information content (AvgIpc) is 3.08. The Bertz CT molecular complexity index is 863. The second-order valence-corrected chi connectivity index (χ2v) is 7.86. The van der Waals surface area contributed by atoms with E-state index in [2.05, 4.69) is 20.5 Å². The first-order valence-electron chi connectivity index (χ1n) is 9.15. The number of nitrogens with zero attached hydrogens (tertiary/aromatic N) is 2. The van der Waals surface area contributed by atoms with E-state index >= 15 is 0 Å². The van der Waals surface area contributed by atoms with Crippen molar-refractivity contribution < 1.29 is 14.0 Å². The summed E-state index contributed by atoms with van der Waals surface area (Å²) in [5, 5.41) is 7.93. The standard InChI is InChI=1S/C19H21FN4O2S/c20-12-4-5-14-15(9-17(25)22-16(14)8-12)18(26)23-19-21-13(11-27-19)10-24-6-2-1-3-7-24/h4-5,8,11,15H,1-3,6-7,9-10H2,(H,22,25)(H,21,23,26). The first kappa shape index (κ1) is 18.1. The van der Waals surface area contributed by atoms with Crippen LogP contribution in [0, 0.1) is 5.82 Å². The normalized spacial score (nSPS) is 20.0. The molecule has 8 heteroatoms. The fourth-order valence-electron chi connectivity index (χ4n) is 3.65. The molecule has 0 spiro atoms. The smallest absolute Gasteiger partial charge is 0.234 e. The van der Waals surface area contributed by atoms with Crippen LogP contribution in [-0.2, 0) is 16.1 Å². The van der Waals surface area contributed by atoms with Crippen molar-refractivity contribution in [2.75, 3.05) is 23.7 Å². The third-order valence-corrected chi connectivity index (χ3v) is 5.79. The van der Waals surface area contributed by atoms with E-state index in [0.717, 1.165) is 25.3 Å². The molecule has 3 heterocycles. The SMILES string of the molecule is O=C1CC(C(=O)Nc2nc(CN3CCCCC3)cs2)c2ccc(F)cc2N1. The number of aromatic nitrogens is 1. The number of piperidine rings is 1. The molecule has 0 radical (unpaired) electrons. The lowest BCUT2D eigenvalue weighted by atomic mass is 9.90. The molecule has 0 aliphatic carbocycles. The summed E-state index contributed by atoms with van der Waals surface area (Å²) >= 11 is 1.38. The van der Waals surface area contributed by atoms with Crippen LogP contribution in [0.4, 0.5) is 15.2 Å². The predicted octanol–water partition coefficient (Wildman–Crippen LogP) is 3.33. The molecule has 1 aromatic carbocycles. The van der Waals surface area contributed by atoms with Crippen molar-refractivity contribution >= 4 is 34.0 Å². The highest BCUT2D eigenvalue weighted by molar-refractivity contribution is 7.13. The molecule has 4 rings (SSSR count). The molecule has 1 fully saturated rings. The minimum absolute atomic E-state index is 0.0382. The van der Waals surface area contributed by atoms with Crippen molar-refractivity contribution in [2.45, 2.75) is 38.1 Å². The van der Waals surface area contributed by atoms with Crippen LogP contribution in [0.2, 0.25) is 0 Å². The van der Waals surface area contributed by atoms with E-state index < -0.39 is 11.7 Å². The van der Waals surface area contributed by atoms with Gasteiger partial charge in [0.15, 0.2) is 5.13 Å². The molecule has 1 saturated heterocycles. The van der Waals surface area contributed by atoms with Gasteiger partial charge in [0.1, 0.15) is 5.82 Å². The average molecular weight is 388 g/mol. The zero-order chi connectivity index (χ0) is 18.8. The number of rotatable bonds is 4. The molecule has 2 amide bonds. The molecule has 2 N–H and O–H groups in total. The van der Waals surface area contributed by atoms with Crippen LogP contribution in [0.15, 0.2) is 23.6 Å². The van der Waals surface area contributed by atoms with Gasteiger partial charge in [-0.3, -0.25) is 14.5 Å². The number of amides is 2. The lowest BCUT2D eigenvalue weighted by Gasteiger charge is -2.25. The molecule has 0 bridgehead atoms. The monoisotopic (exact) mass is 388 g/mol. The number of hydrogen-bond acceptors (Lipinski definition) is 5. The van der Waals surface area contributed by atoms with E-state index in [1.807, 2.05) is 5.38 Å². The fraction of sp³-hybridized carbons (Fsp3) is 0.421. The van der Waals surface area contributed by atoms with Crippen LogP contribution in [0.5, 0.6) is 0 Å². The Morgan fingerprint density at radius 3 is 2.96 bits per heavy atom. The maximum Gasteiger partial charge on any atom is 0.234 e. The number of thiazole rings is 1. The zero-order valence-electron chi connectivity index (χ0n) is 14.8. The first-order chi connectivity index (χ1) is 13.1. The number of halogens is 1. The molecular formula is C19H21FN4O2S. The third-order valence-electron chi connectivity index (χ3n) is 4.99. The Labute approximate surface area is 160 Å². The summed E-state index contributed by atoms with van der Waals surface area (Å²) in [4.78, 5) is 31.5. The van der Waals surface area contributed by atoms with E-state index in [-0.39, 0.29) is 18.2 Å². The summed E-state index contributed by atoms with van der Waals surface area (Å²) in [6.45, 7) is 2.97. The Kier molecular flexibility index (Phi) is 5.18. The minimum Gasteiger partial charge on any atom is -0.326 e. The van der Waals surface area contributed by atoms with Crippen molar-refractivity contribution in [3.05, 3.63) is 40.7 Å².